The van der Waals surface area contributed by atoms with Crippen molar-refractivity contribution in [2.75, 3.05) is 13.7 Å². The lowest BCUT2D eigenvalue weighted by Gasteiger charge is -2.13. The van der Waals surface area contributed by atoms with Crippen LogP contribution in [0.2, 0.25) is 0 Å². The predicted molar refractivity (Wildman–Crippen MR) is 111 cm³/mol. The van der Waals surface area contributed by atoms with E-state index in [1.807, 2.05) is 37.3 Å². The molecule has 0 aliphatic carbocycles. The molecule has 0 radical (unpaired) electrons. The zero-order chi connectivity index (χ0) is 17.4. The minimum atomic E-state index is -0.199. The molecule has 4 nitrogen and oxygen atoms in total. The largest absolute Gasteiger partial charge is 0.496 e. The third kappa shape index (κ3) is 6.53. The Bertz CT molecular complexity index is 707. The third-order valence-electron chi connectivity index (χ3n) is 3.64. The molecule has 0 aromatic heterocycles. The summed E-state index contributed by atoms with van der Waals surface area (Å²) in [6, 6.07) is 13.0. The molecule has 0 fully saturated rings. The van der Waals surface area contributed by atoms with Crippen LogP contribution in [0, 0.1) is 12.7 Å². The summed E-state index contributed by atoms with van der Waals surface area (Å²) in [7, 11) is 1.66. The lowest BCUT2D eigenvalue weighted by molar-refractivity contribution is 0.409. The van der Waals surface area contributed by atoms with Crippen LogP contribution < -0.4 is 15.4 Å². The maximum atomic E-state index is 13.6. The Balaban J connectivity index is 0.00000312. The first-order valence-corrected chi connectivity index (χ1v) is 8.03. The summed E-state index contributed by atoms with van der Waals surface area (Å²) in [5.41, 5.74) is 2.53. The first-order valence-electron chi connectivity index (χ1n) is 8.03. The molecule has 0 aliphatic heterocycles. The average molecular weight is 457 g/mol. The summed E-state index contributed by atoms with van der Waals surface area (Å²) in [6.07, 6.45) is 0. The van der Waals surface area contributed by atoms with Crippen molar-refractivity contribution in [1.82, 2.24) is 10.6 Å². The molecule has 2 rings (SSSR count). The number of nitrogens with one attached hydrogen (secondary N) is 2. The minimum absolute atomic E-state index is 0. The van der Waals surface area contributed by atoms with Crippen molar-refractivity contribution in [2.45, 2.75) is 26.9 Å². The fourth-order valence-electron chi connectivity index (χ4n) is 2.27. The predicted octanol–water partition coefficient (Wildman–Crippen LogP) is 4.02. The Hall–Kier alpha value is -1.83. The molecule has 2 aromatic rings. The molecule has 0 aliphatic rings. The van der Waals surface area contributed by atoms with Gasteiger partial charge in [-0.25, -0.2) is 9.38 Å². The highest BCUT2D eigenvalue weighted by molar-refractivity contribution is 14.0. The number of hydrogen-bond acceptors (Lipinski definition) is 2. The second kappa shape index (κ2) is 10.9. The quantitative estimate of drug-likeness (QED) is 0.392. The zero-order valence-electron chi connectivity index (χ0n) is 14.8. The third-order valence-corrected chi connectivity index (χ3v) is 3.64. The van der Waals surface area contributed by atoms with Gasteiger partial charge in [0, 0.05) is 18.7 Å². The van der Waals surface area contributed by atoms with Gasteiger partial charge in [0.15, 0.2) is 5.96 Å². The molecule has 0 amide bonds. The SMILES string of the molecule is CCNC(=NCc1ccc(C)c(F)c1)NCc1ccccc1OC.I. The highest BCUT2D eigenvalue weighted by Crippen LogP contribution is 2.16. The summed E-state index contributed by atoms with van der Waals surface area (Å²) in [5, 5.41) is 6.46. The number of benzene rings is 2. The second-order valence-corrected chi connectivity index (χ2v) is 5.44. The molecule has 25 heavy (non-hydrogen) atoms. The van der Waals surface area contributed by atoms with E-state index in [9.17, 15) is 4.39 Å². The van der Waals surface area contributed by atoms with Crippen molar-refractivity contribution in [1.29, 1.82) is 0 Å². The molecule has 136 valence electrons. The Labute approximate surface area is 165 Å². The molecule has 0 bridgehead atoms. The smallest absolute Gasteiger partial charge is 0.191 e. The Morgan fingerprint density at radius 2 is 1.92 bits per heavy atom. The fourth-order valence-corrected chi connectivity index (χ4v) is 2.27. The Morgan fingerprint density at radius 1 is 1.16 bits per heavy atom. The summed E-state index contributed by atoms with van der Waals surface area (Å²) in [4.78, 5) is 4.51. The van der Waals surface area contributed by atoms with Crippen molar-refractivity contribution in [3.8, 4) is 5.75 Å². The number of methoxy groups -OCH3 is 1. The van der Waals surface area contributed by atoms with Crippen LogP contribution in [-0.2, 0) is 13.1 Å². The number of guanidine groups is 1. The number of aryl methyl sites for hydroxylation is 1. The van der Waals surface area contributed by atoms with Gasteiger partial charge in [-0.05, 0) is 37.1 Å². The molecular formula is C19H25FIN3O. The van der Waals surface area contributed by atoms with Gasteiger partial charge in [-0.1, -0.05) is 30.3 Å². The van der Waals surface area contributed by atoms with Crippen molar-refractivity contribution in [3.63, 3.8) is 0 Å². The molecule has 6 heteroatoms. The van der Waals surface area contributed by atoms with Gasteiger partial charge in [0.05, 0.1) is 13.7 Å². The first-order chi connectivity index (χ1) is 11.6. The van der Waals surface area contributed by atoms with Crippen LogP contribution in [0.15, 0.2) is 47.5 Å². The molecule has 0 saturated heterocycles. The molecule has 2 aromatic carbocycles. The molecule has 2 N–H and O–H groups in total. The Morgan fingerprint density at radius 3 is 2.60 bits per heavy atom. The Kier molecular flexibility index (Phi) is 9.26. The molecule has 0 heterocycles. The number of halogens is 2. The number of rotatable bonds is 6. The second-order valence-electron chi connectivity index (χ2n) is 5.44. The van der Waals surface area contributed by atoms with E-state index < -0.39 is 0 Å². The normalized spacial score (nSPS) is 10.8. The van der Waals surface area contributed by atoms with Gasteiger partial charge in [0.1, 0.15) is 11.6 Å². The van der Waals surface area contributed by atoms with Gasteiger partial charge in [0.2, 0.25) is 0 Å². The fraction of sp³-hybridized carbons (Fsp3) is 0.316. The summed E-state index contributed by atoms with van der Waals surface area (Å²) in [5.74, 6) is 1.32. The van der Waals surface area contributed by atoms with Gasteiger partial charge < -0.3 is 15.4 Å². The lowest BCUT2D eigenvalue weighted by atomic mass is 10.1. The molecule has 0 saturated carbocycles. The van der Waals surface area contributed by atoms with Crippen LogP contribution in [-0.4, -0.2) is 19.6 Å². The van der Waals surface area contributed by atoms with Crippen LogP contribution in [0.5, 0.6) is 5.75 Å². The average Bonchev–Trinajstić information content (AvgIpc) is 2.60. The van der Waals surface area contributed by atoms with Crippen LogP contribution >= 0.6 is 24.0 Å². The molecule has 0 spiro atoms. The number of aliphatic imine (C=N–C) groups is 1. The van der Waals surface area contributed by atoms with Crippen LogP contribution in [0.25, 0.3) is 0 Å². The lowest BCUT2D eigenvalue weighted by Crippen LogP contribution is -2.36. The van der Waals surface area contributed by atoms with Crippen molar-refractivity contribution >= 4 is 29.9 Å². The van der Waals surface area contributed by atoms with E-state index >= 15 is 0 Å². The summed E-state index contributed by atoms with van der Waals surface area (Å²) in [6.45, 7) is 5.52. The van der Waals surface area contributed by atoms with E-state index in [1.54, 1.807) is 20.1 Å². The van der Waals surface area contributed by atoms with Crippen LogP contribution in [0.3, 0.4) is 0 Å². The molecule has 0 atom stereocenters. The number of nitrogens with zero attached hydrogens (tertiary/aromatic N) is 1. The van der Waals surface area contributed by atoms with E-state index in [-0.39, 0.29) is 29.8 Å². The topological polar surface area (TPSA) is 45.7 Å². The standard InChI is InChI=1S/C19H24FN3O.HI/c1-4-21-19(22-12-15-10-9-14(2)17(20)11-15)23-13-16-7-5-6-8-18(16)24-3;/h5-11H,4,12-13H2,1-3H3,(H2,21,22,23);1H. The van der Waals surface area contributed by atoms with Gasteiger partial charge in [-0.2, -0.15) is 0 Å². The number of hydrogen-bond donors (Lipinski definition) is 2. The van der Waals surface area contributed by atoms with Crippen molar-refractivity contribution in [2.24, 2.45) is 4.99 Å². The molecular weight excluding hydrogens is 432 g/mol. The van der Waals surface area contributed by atoms with Gasteiger partial charge in [-0.3, -0.25) is 0 Å². The molecule has 0 unspecified atom stereocenters. The zero-order valence-corrected chi connectivity index (χ0v) is 17.1. The van der Waals surface area contributed by atoms with Crippen molar-refractivity contribution in [3.05, 3.63) is 65.0 Å². The van der Waals surface area contributed by atoms with E-state index in [0.717, 1.165) is 23.4 Å². The van der Waals surface area contributed by atoms with E-state index in [4.69, 9.17) is 4.74 Å². The highest BCUT2D eigenvalue weighted by Gasteiger charge is 2.04. The first kappa shape index (κ1) is 21.2. The maximum absolute atomic E-state index is 13.6. The monoisotopic (exact) mass is 457 g/mol. The van der Waals surface area contributed by atoms with Gasteiger partial charge >= 0.3 is 0 Å². The summed E-state index contributed by atoms with van der Waals surface area (Å²) >= 11 is 0. The maximum Gasteiger partial charge on any atom is 0.191 e. The van der Waals surface area contributed by atoms with Crippen molar-refractivity contribution < 1.29 is 9.13 Å². The van der Waals surface area contributed by atoms with Gasteiger partial charge in [0.25, 0.3) is 0 Å². The number of para-hydroxylation sites is 1. The summed E-state index contributed by atoms with van der Waals surface area (Å²) < 4.78 is 19.0. The minimum Gasteiger partial charge on any atom is -0.496 e. The van der Waals surface area contributed by atoms with Gasteiger partial charge in [-0.15, -0.1) is 24.0 Å². The number of ether oxygens (including phenoxy) is 1. The van der Waals surface area contributed by atoms with Crippen LogP contribution in [0.4, 0.5) is 4.39 Å². The van der Waals surface area contributed by atoms with E-state index in [2.05, 4.69) is 15.6 Å². The van der Waals surface area contributed by atoms with Crippen LogP contribution in [0.1, 0.15) is 23.6 Å². The highest BCUT2D eigenvalue weighted by atomic mass is 127. The van der Waals surface area contributed by atoms with E-state index in [0.29, 0.717) is 24.6 Å². The van der Waals surface area contributed by atoms with E-state index in [1.165, 1.54) is 6.07 Å².